The van der Waals surface area contributed by atoms with Gasteiger partial charge in [-0.15, -0.1) is 0 Å². The van der Waals surface area contributed by atoms with Crippen LogP contribution in [0.3, 0.4) is 0 Å². The standard InChI is InChI=1S/C6H16O4Si/c1-4-8-6(3,9-5-2)10-11-7/h7H,4-5,11H2,1-3H3. The van der Waals surface area contributed by atoms with Crippen LogP contribution in [0.1, 0.15) is 20.8 Å². The minimum atomic E-state index is -1.48. The van der Waals surface area contributed by atoms with Crippen molar-refractivity contribution < 1.29 is 18.7 Å². The fraction of sp³-hybridized carbons (Fsp3) is 1.00. The van der Waals surface area contributed by atoms with E-state index in [9.17, 15) is 0 Å². The molecule has 0 atom stereocenters. The molecule has 0 fully saturated rings. The molecule has 0 heterocycles. The smallest absolute Gasteiger partial charge is 0.307 e. The van der Waals surface area contributed by atoms with E-state index in [4.69, 9.17) is 18.7 Å². The maximum Gasteiger partial charge on any atom is 0.307 e. The molecule has 0 aliphatic carbocycles. The quantitative estimate of drug-likeness (QED) is 0.452. The molecule has 0 unspecified atom stereocenters. The van der Waals surface area contributed by atoms with Crippen LogP contribution in [0.2, 0.25) is 0 Å². The molecule has 0 aliphatic rings. The first-order chi connectivity index (χ1) is 5.18. The van der Waals surface area contributed by atoms with E-state index in [-0.39, 0.29) is 0 Å². The summed E-state index contributed by atoms with van der Waals surface area (Å²) in [6.45, 7) is 6.36. The normalized spacial score (nSPS) is 13.1. The summed E-state index contributed by atoms with van der Waals surface area (Å²) in [5, 5.41) is 0. The summed E-state index contributed by atoms with van der Waals surface area (Å²) in [5.74, 6) is -1.04. The lowest BCUT2D eigenvalue weighted by atomic mass is 10.6. The van der Waals surface area contributed by atoms with Crippen molar-refractivity contribution in [2.45, 2.75) is 26.7 Å². The van der Waals surface area contributed by atoms with Crippen LogP contribution in [0.4, 0.5) is 0 Å². The molecule has 0 aromatic carbocycles. The van der Waals surface area contributed by atoms with Crippen LogP contribution < -0.4 is 0 Å². The van der Waals surface area contributed by atoms with Gasteiger partial charge in [-0.3, -0.25) is 0 Å². The first kappa shape index (κ1) is 11.1. The Balaban J connectivity index is 3.79. The summed E-state index contributed by atoms with van der Waals surface area (Å²) in [6, 6.07) is 0. The first-order valence-electron chi connectivity index (χ1n) is 3.71. The monoisotopic (exact) mass is 180 g/mol. The van der Waals surface area contributed by atoms with Crippen LogP contribution in [-0.4, -0.2) is 34.0 Å². The van der Waals surface area contributed by atoms with Crippen molar-refractivity contribution in [1.29, 1.82) is 0 Å². The van der Waals surface area contributed by atoms with E-state index in [2.05, 4.69) is 0 Å². The SMILES string of the molecule is CCOC(C)(OCC)O[SiH2]O. The maximum atomic E-state index is 8.61. The zero-order valence-corrected chi connectivity index (χ0v) is 8.71. The van der Waals surface area contributed by atoms with Crippen LogP contribution >= 0.6 is 0 Å². The summed E-state index contributed by atoms with van der Waals surface area (Å²) in [5.41, 5.74) is 0. The van der Waals surface area contributed by atoms with Crippen LogP contribution in [-0.2, 0) is 13.9 Å². The lowest BCUT2D eigenvalue weighted by Crippen LogP contribution is -2.37. The molecule has 0 rings (SSSR count). The molecule has 4 nitrogen and oxygen atoms in total. The molecular formula is C6H16O4Si. The Labute approximate surface area is 69.5 Å². The third kappa shape index (κ3) is 4.49. The number of hydrogen-bond donors (Lipinski definition) is 1. The maximum absolute atomic E-state index is 8.61. The molecule has 68 valence electrons. The summed E-state index contributed by atoms with van der Waals surface area (Å²) in [4.78, 5) is 8.61. The molecule has 11 heavy (non-hydrogen) atoms. The molecule has 0 saturated carbocycles. The van der Waals surface area contributed by atoms with E-state index in [0.717, 1.165) is 0 Å². The second kappa shape index (κ2) is 5.67. The summed E-state index contributed by atoms with van der Waals surface area (Å²) in [6.07, 6.45) is 0. The van der Waals surface area contributed by atoms with Crippen molar-refractivity contribution in [3.05, 3.63) is 0 Å². The molecule has 0 saturated heterocycles. The van der Waals surface area contributed by atoms with Crippen molar-refractivity contribution in [2.75, 3.05) is 13.2 Å². The van der Waals surface area contributed by atoms with Crippen LogP contribution in [0.25, 0.3) is 0 Å². The van der Waals surface area contributed by atoms with Crippen LogP contribution in [0.5, 0.6) is 0 Å². The average molecular weight is 180 g/mol. The van der Waals surface area contributed by atoms with E-state index >= 15 is 0 Å². The molecule has 0 aromatic rings. The van der Waals surface area contributed by atoms with Gasteiger partial charge in [0.1, 0.15) is 0 Å². The molecule has 0 spiro atoms. The molecule has 0 aromatic heterocycles. The highest BCUT2D eigenvalue weighted by Crippen LogP contribution is 2.12. The lowest BCUT2D eigenvalue weighted by molar-refractivity contribution is -0.333. The van der Waals surface area contributed by atoms with Gasteiger partial charge < -0.3 is 18.7 Å². The lowest BCUT2D eigenvalue weighted by Gasteiger charge is -2.27. The summed E-state index contributed by atoms with van der Waals surface area (Å²) < 4.78 is 15.2. The van der Waals surface area contributed by atoms with E-state index < -0.39 is 16.0 Å². The highest BCUT2D eigenvalue weighted by Gasteiger charge is 2.24. The number of hydrogen-bond acceptors (Lipinski definition) is 4. The molecule has 0 bridgehead atoms. The predicted molar refractivity (Wildman–Crippen MR) is 43.5 cm³/mol. The minimum absolute atomic E-state index is 0.505. The topological polar surface area (TPSA) is 47.9 Å². The van der Waals surface area contributed by atoms with Gasteiger partial charge in [-0.25, -0.2) is 0 Å². The number of rotatable bonds is 6. The molecule has 5 heteroatoms. The summed E-state index contributed by atoms with van der Waals surface area (Å²) >= 11 is 0. The van der Waals surface area contributed by atoms with Gasteiger partial charge in [0, 0.05) is 20.1 Å². The van der Waals surface area contributed by atoms with Crippen molar-refractivity contribution in [3.8, 4) is 0 Å². The Morgan fingerprint density at radius 1 is 1.27 bits per heavy atom. The van der Waals surface area contributed by atoms with Gasteiger partial charge in [0.2, 0.25) is 0 Å². The zero-order chi connectivity index (χ0) is 8.74. The Morgan fingerprint density at radius 3 is 2.00 bits per heavy atom. The van der Waals surface area contributed by atoms with Gasteiger partial charge in [0.05, 0.1) is 0 Å². The Bertz CT molecular complexity index is 81.6. The third-order valence-electron chi connectivity index (χ3n) is 1.14. The Morgan fingerprint density at radius 2 is 1.73 bits per heavy atom. The fourth-order valence-corrected chi connectivity index (χ4v) is 1.17. The number of ether oxygens (including phenoxy) is 2. The molecule has 0 radical (unpaired) electrons. The van der Waals surface area contributed by atoms with Crippen molar-refractivity contribution >= 4 is 10.0 Å². The predicted octanol–water partition coefficient (Wildman–Crippen LogP) is -0.259. The molecular weight excluding hydrogens is 164 g/mol. The van der Waals surface area contributed by atoms with E-state index in [1.807, 2.05) is 13.8 Å². The van der Waals surface area contributed by atoms with E-state index in [0.29, 0.717) is 13.2 Å². The minimum Gasteiger partial charge on any atom is -0.415 e. The third-order valence-corrected chi connectivity index (χ3v) is 1.79. The molecule has 1 N–H and O–H groups in total. The Hall–Kier alpha value is 0.0569. The van der Waals surface area contributed by atoms with Gasteiger partial charge in [-0.05, 0) is 13.8 Å². The van der Waals surface area contributed by atoms with Crippen molar-refractivity contribution in [2.24, 2.45) is 0 Å². The van der Waals surface area contributed by atoms with Crippen molar-refractivity contribution in [1.82, 2.24) is 0 Å². The highest BCUT2D eigenvalue weighted by atomic mass is 28.2. The average Bonchev–Trinajstić information content (AvgIpc) is 1.88. The van der Waals surface area contributed by atoms with Gasteiger partial charge in [-0.2, -0.15) is 0 Å². The Kier molecular flexibility index (Phi) is 5.70. The second-order valence-electron chi connectivity index (χ2n) is 2.00. The second-order valence-corrected chi connectivity index (χ2v) is 2.55. The van der Waals surface area contributed by atoms with Gasteiger partial charge in [0.25, 0.3) is 5.97 Å². The van der Waals surface area contributed by atoms with E-state index in [1.165, 1.54) is 0 Å². The fourth-order valence-electron chi connectivity index (χ4n) is 0.767. The first-order valence-corrected chi connectivity index (χ1v) is 4.92. The zero-order valence-electron chi connectivity index (χ0n) is 7.29. The largest absolute Gasteiger partial charge is 0.415 e. The van der Waals surface area contributed by atoms with Crippen LogP contribution in [0.15, 0.2) is 0 Å². The molecule has 0 aliphatic heterocycles. The van der Waals surface area contributed by atoms with Gasteiger partial charge >= 0.3 is 10.0 Å². The highest BCUT2D eigenvalue weighted by molar-refractivity contribution is 6.15. The molecule has 0 amide bonds. The summed E-state index contributed by atoms with van der Waals surface area (Å²) in [7, 11) is -1.48. The van der Waals surface area contributed by atoms with Crippen LogP contribution in [0, 0.1) is 0 Å². The van der Waals surface area contributed by atoms with Crippen molar-refractivity contribution in [3.63, 3.8) is 0 Å². The van der Waals surface area contributed by atoms with Gasteiger partial charge in [0.15, 0.2) is 0 Å². The van der Waals surface area contributed by atoms with E-state index in [1.54, 1.807) is 6.92 Å². The van der Waals surface area contributed by atoms with Gasteiger partial charge in [-0.1, -0.05) is 0 Å².